The van der Waals surface area contributed by atoms with Gasteiger partial charge in [-0.1, -0.05) is 0 Å². The van der Waals surface area contributed by atoms with Crippen molar-refractivity contribution in [2.24, 2.45) is 0 Å². The number of hydrogen-bond acceptors (Lipinski definition) is 4. The van der Waals surface area contributed by atoms with Gasteiger partial charge in [-0.3, -0.25) is 9.36 Å². The van der Waals surface area contributed by atoms with E-state index >= 15 is 0 Å². The zero-order chi connectivity index (χ0) is 11.9. The van der Waals surface area contributed by atoms with Crippen molar-refractivity contribution in [1.29, 1.82) is 0 Å². The Hall–Kier alpha value is -1.78. The first-order valence-electron chi connectivity index (χ1n) is 5.03. The SMILES string of the molecule is COC(=O)c1ccc(=O)n(C2(C)CC2)c1O. The lowest BCUT2D eigenvalue weighted by molar-refractivity contribution is 0.0595. The normalized spacial score (nSPS) is 16.9. The minimum absolute atomic E-state index is 0.0234. The number of nitrogens with zero attached hydrogens (tertiary/aromatic N) is 1. The maximum atomic E-state index is 11.6. The fourth-order valence-electron chi connectivity index (χ4n) is 1.72. The third kappa shape index (κ3) is 1.48. The van der Waals surface area contributed by atoms with E-state index in [4.69, 9.17) is 0 Å². The van der Waals surface area contributed by atoms with Crippen molar-refractivity contribution >= 4 is 5.97 Å². The summed E-state index contributed by atoms with van der Waals surface area (Å²) in [5.74, 6) is -0.949. The first kappa shape index (κ1) is 10.7. The van der Waals surface area contributed by atoms with E-state index < -0.39 is 5.97 Å². The van der Waals surface area contributed by atoms with Crippen LogP contribution in [0.5, 0.6) is 5.88 Å². The summed E-state index contributed by atoms with van der Waals surface area (Å²) in [6.07, 6.45) is 1.65. The van der Waals surface area contributed by atoms with E-state index in [-0.39, 0.29) is 22.5 Å². The predicted octanol–water partition coefficient (Wildman–Crippen LogP) is 0.849. The molecular weight excluding hydrogens is 210 g/mol. The van der Waals surface area contributed by atoms with Crippen LogP contribution < -0.4 is 5.56 Å². The Morgan fingerprint density at radius 1 is 1.50 bits per heavy atom. The van der Waals surface area contributed by atoms with Gasteiger partial charge in [-0.15, -0.1) is 0 Å². The molecule has 1 aliphatic rings. The Bertz CT molecular complexity index is 499. The van der Waals surface area contributed by atoms with E-state index in [9.17, 15) is 14.7 Å². The van der Waals surface area contributed by atoms with Crippen molar-refractivity contribution in [3.8, 4) is 5.88 Å². The largest absolute Gasteiger partial charge is 0.494 e. The molecule has 0 aromatic carbocycles. The van der Waals surface area contributed by atoms with E-state index in [0.29, 0.717) is 0 Å². The molecule has 0 unspecified atom stereocenters. The highest BCUT2D eigenvalue weighted by Crippen LogP contribution is 2.44. The van der Waals surface area contributed by atoms with Crippen molar-refractivity contribution in [3.63, 3.8) is 0 Å². The molecule has 0 spiro atoms. The first-order valence-corrected chi connectivity index (χ1v) is 5.03. The Morgan fingerprint density at radius 3 is 2.62 bits per heavy atom. The van der Waals surface area contributed by atoms with Gasteiger partial charge < -0.3 is 9.84 Å². The van der Waals surface area contributed by atoms with E-state index in [1.807, 2.05) is 6.92 Å². The van der Waals surface area contributed by atoms with Crippen LogP contribution in [0.2, 0.25) is 0 Å². The summed E-state index contributed by atoms with van der Waals surface area (Å²) in [6.45, 7) is 1.87. The molecule has 86 valence electrons. The lowest BCUT2D eigenvalue weighted by Crippen LogP contribution is -2.28. The highest BCUT2D eigenvalue weighted by Gasteiger charge is 2.42. The van der Waals surface area contributed by atoms with Gasteiger partial charge in [0.15, 0.2) is 0 Å². The summed E-state index contributed by atoms with van der Waals surface area (Å²) >= 11 is 0. The maximum absolute atomic E-state index is 11.6. The van der Waals surface area contributed by atoms with Crippen LogP contribution in [-0.2, 0) is 10.3 Å². The van der Waals surface area contributed by atoms with Crippen LogP contribution in [-0.4, -0.2) is 22.8 Å². The number of hydrogen-bond donors (Lipinski definition) is 1. The molecule has 1 heterocycles. The quantitative estimate of drug-likeness (QED) is 0.755. The Labute approximate surface area is 92.3 Å². The summed E-state index contributed by atoms with van der Waals surface area (Å²) < 4.78 is 5.79. The van der Waals surface area contributed by atoms with Crippen LogP contribution in [0.1, 0.15) is 30.1 Å². The molecule has 5 nitrogen and oxygen atoms in total. The molecule has 1 saturated carbocycles. The highest BCUT2D eigenvalue weighted by atomic mass is 16.5. The average Bonchev–Trinajstić information content (AvgIpc) is 2.96. The van der Waals surface area contributed by atoms with Crippen LogP contribution in [0.15, 0.2) is 16.9 Å². The smallest absolute Gasteiger partial charge is 0.343 e. The van der Waals surface area contributed by atoms with Crippen LogP contribution in [0.4, 0.5) is 0 Å². The lowest BCUT2D eigenvalue weighted by Gasteiger charge is -2.16. The van der Waals surface area contributed by atoms with Crippen molar-refractivity contribution < 1.29 is 14.6 Å². The zero-order valence-electron chi connectivity index (χ0n) is 9.19. The third-order valence-electron chi connectivity index (χ3n) is 2.98. The molecule has 0 bridgehead atoms. The highest BCUT2D eigenvalue weighted by molar-refractivity contribution is 5.91. The van der Waals surface area contributed by atoms with E-state index in [2.05, 4.69) is 4.74 Å². The van der Waals surface area contributed by atoms with Crippen molar-refractivity contribution in [3.05, 3.63) is 28.0 Å². The number of carbonyl (C=O) groups is 1. The summed E-state index contributed by atoms with van der Waals surface area (Å²) in [5.41, 5.74) is -0.633. The average molecular weight is 223 g/mol. The summed E-state index contributed by atoms with van der Waals surface area (Å²) in [6, 6.07) is 2.56. The van der Waals surface area contributed by atoms with Crippen molar-refractivity contribution in [2.45, 2.75) is 25.3 Å². The number of esters is 1. The molecule has 2 rings (SSSR count). The van der Waals surface area contributed by atoms with Gasteiger partial charge in [-0.2, -0.15) is 0 Å². The van der Waals surface area contributed by atoms with Crippen LogP contribution in [0.25, 0.3) is 0 Å². The molecule has 0 radical (unpaired) electrons. The van der Waals surface area contributed by atoms with Gasteiger partial charge in [-0.05, 0) is 25.8 Å². The third-order valence-corrected chi connectivity index (χ3v) is 2.98. The van der Waals surface area contributed by atoms with Gasteiger partial charge in [0, 0.05) is 11.6 Å². The van der Waals surface area contributed by atoms with Crippen LogP contribution >= 0.6 is 0 Å². The number of pyridine rings is 1. The zero-order valence-corrected chi connectivity index (χ0v) is 9.19. The molecule has 1 fully saturated rings. The van der Waals surface area contributed by atoms with Gasteiger partial charge in [0.25, 0.3) is 5.56 Å². The summed E-state index contributed by atoms with van der Waals surface area (Å²) in [7, 11) is 1.23. The monoisotopic (exact) mass is 223 g/mol. The van der Waals surface area contributed by atoms with Crippen LogP contribution in [0.3, 0.4) is 0 Å². The molecule has 1 aromatic rings. The predicted molar refractivity (Wildman–Crippen MR) is 56.6 cm³/mol. The van der Waals surface area contributed by atoms with Gasteiger partial charge in [0.2, 0.25) is 5.88 Å². The Balaban J connectivity index is 2.61. The second-order valence-corrected chi connectivity index (χ2v) is 4.23. The van der Waals surface area contributed by atoms with Gasteiger partial charge >= 0.3 is 5.97 Å². The van der Waals surface area contributed by atoms with E-state index in [0.717, 1.165) is 12.8 Å². The molecule has 5 heteroatoms. The molecule has 16 heavy (non-hydrogen) atoms. The van der Waals surface area contributed by atoms with Gasteiger partial charge in [0.05, 0.1) is 7.11 Å². The second-order valence-electron chi connectivity index (χ2n) is 4.23. The number of rotatable bonds is 2. The fourth-order valence-corrected chi connectivity index (χ4v) is 1.72. The second kappa shape index (κ2) is 3.37. The molecule has 1 N–H and O–H groups in total. The number of aromatic nitrogens is 1. The minimum Gasteiger partial charge on any atom is -0.494 e. The molecular formula is C11H13NO4. The van der Waals surface area contributed by atoms with Crippen molar-refractivity contribution in [1.82, 2.24) is 4.57 Å². The summed E-state index contributed by atoms with van der Waals surface area (Å²) in [5, 5.41) is 9.91. The Morgan fingerprint density at radius 2 is 2.12 bits per heavy atom. The van der Waals surface area contributed by atoms with E-state index in [1.165, 1.54) is 23.8 Å². The Kier molecular flexibility index (Phi) is 2.26. The van der Waals surface area contributed by atoms with Gasteiger partial charge in [0.1, 0.15) is 5.56 Å². The number of ether oxygens (including phenoxy) is 1. The molecule has 0 amide bonds. The lowest BCUT2D eigenvalue weighted by atomic mass is 10.2. The van der Waals surface area contributed by atoms with Crippen LogP contribution in [0, 0.1) is 0 Å². The van der Waals surface area contributed by atoms with Crippen molar-refractivity contribution in [2.75, 3.05) is 7.11 Å². The fraction of sp³-hybridized carbons (Fsp3) is 0.455. The topological polar surface area (TPSA) is 68.5 Å². The molecule has 1 aliphatic carbocycles. The summed E-state index contributed by atoms with van der Waals surface area (Å²) in [4.78, 5) is 23.0. The van der Waals surface area contributed by atoms with Gasteiger partial charge in [-0.25, -0.2) is 4.79 Å². The maximum Gasteiger partial charge on any atom is 0.343 e. The standard InChI is InChI=1S/C11H13NO4/c1-11(5-6-11)12-8(13)4-3-7(9(12)14)10(15)16-2/h3-4,14H,5-6H2,1-2H3. The number of carbonyl (C=O) groups excluding carboxylic acids is 1. The number of aromatic hydroxyl groups is 1. The molecule has 0 aliphatic heterocycles. The minimum atomic E-state index is -0.643. The molecule has 0 saturated heterocycles. The first-order chi connectivity index (χ1) is 7.49. The number of methoxy groups -OCH3 is 1. The molecule has 1 aromatic heterocycles. The van der Waals surface area contributed by atoms with E-state index in [1.54, 1.807) is 0 Å². The molecule has 0 atom stereocenters.